The van der Waals surface area contributed by atoms with Crippen LogP contribution < -0.4 is 10.6 Å². The van der Waals surface area contributed by atoms with Crippen molar-refractivity contribution >= 4 is 23.6 Å². The monoisotopic (exact) mass is 551 g/mol. The van der Waals surface area contributed by atoms with Gasteiger partial charge in [0.25, 0.3) is 5.91 Å². The first kappa shape index (κ1) is 32.9. The lowest BCUT2D eigenvalue weighted by molar-refractivity contribution is -0.143. The van der Waals surface area contributed by atoms with E-state index < -0.39 is 23.8 Å². The molecule has 0 aliphatic carbocycles. The molecule has 0 fully saturated rings. The van der Waals surface area contributed by atoms with E-state index in [4.69, 9.17) is 4.74 Å². The molecule has 2 rings (SSSR count). The minimum atomic E-state index is -0.907. The Morgan fingerprint density at radius 3 is 2.00 bits per heavy atom. The maximum absolute atomic E-state index is 14.4. The van der Waals surface area contributed by atoms with Gasteiger partial charge in [-0.2, -0.15) is 0 Å². The van der Waals surface area contributed by atoms with Gasteiger partial charge in [0, 0.05) is 11.7 Å². The Kier molecular flexibility index (Phi) is 11.4. The van der Waals surface area contributed by atoms with Crippen LogP contribution in [-0.2, 0) is 14.3 Å². The number of benzene rings is 2. The number of carbonyl (C=O) groups excluding carboxylic acids is 3. The number of para-hydroxylation sites is 1. The van der Waals surface area contributed by atoms with Crippen molar-refractivity contribution in [1.82, 2.24) is 10.2 Å². The van der Waals surface area contributed by atoms with E-state index in [9.17, 15) is 14.4 Å². The van der Waals surface area contributed by atoms with Crippen molar-refractivity contribution in [2.24, 2.45) is 5.92 Å². The van der Waals surface area contributed by atoms with Crippen LogP contribution in [0.25, 0.3) is 0 Å². The third kappa shape index (κ3) is 8.83. The molecule has 0 bridgehead atoms. The fourth-order valence-corrected chi connectivity index (χ4v) is 4.69. The van der Waals surface area contributed by atoms with Crippen LogP contribution in [0.4, 0.5) is 10.5 Å². The molecule has 0 aliphatic heterocycles. The fourth-order valence-electron chi connectivity index (χ4n) is 4.69. The van der Waals surface area contributed by atoms with Gasteiger partial charge in [-0.05, 0) is 102 Å². The second-order valence-electron chi connectivity index (χ2n) is 12.3. The predicted octanol–water partition coefficient (Wildman–Crippen LogP) is 7.17. The average molecular weight is 552 g/mol. The summed E-state index contributed by atoms with van der Waals surface area (Å²) in [6, 6.07) is 9.69. The van der Waals surface area contributed by atoms with E-state index in [0.717, 1.165) is 33.5 Å². The molecule has 3 atom stereocenters. The molecule has 0 heterocycles. The van der Waals surface area contributed by atoms with Gasteiger partial charge in [0.05, 0.1) is 0 Å². The van der Waals surface area contributed by atoms with E-state index in [1.807, 2.05) is 91.8 Å². The number of rotatable bonds is 10. The van der Waals surface area contributed by atoms with Crippen molar-refractivity contribution in [3.63, 3.8) is 0 Å². The molecule has 2 N–H and O–H groups in total. The van der Waals surface area contributed by atoms with E-state index >= 15 is 0 Å². The zero-order valence-corrected chi connectivity index (χ0v) is 26.3. The van der Waals surface area contributed by atoms with Crippen molar-refractivity contribution in [3.05, 3.63) is 64.2 Å². The van der Waals surface area contributed by atoms with Crippen molar-refractivity contribution in [2.75, 3.05) is 5.32 Å². The highest BCUT2D eigenvalue weighted by Crippen LogP contribution is 2.31. The zero-order chi connectivity index (χ0) is 30.4. The van der Waals surface area contributed by atoms with Gasteiger partial charge >= 0.3 is 6.09 Å². The van der Waals surface area contributed by atoms with E-state index in [-0.39, 0.29) is 23.8 Å². The Labute approximate surface area is 241 Å². The topological polar surface area (TPSA) is 87.7 Å². The molecule has 0 radical (unpaired) electrons. The number of ether oxygens (including phenoxy) is 1. The Hall–Kier alpha value is -3.35. The lowest BCUT2D eigenvalue weighted by atomic mass is 9.95. The van der Waals surface area contributed by atoms with Gasteiger partial charge in [0.2, 0.25) is 5.91 Å². The quantitative estimate of drug-likeness (QED) is 0.328. The second kappa shape index (κ2) is 13.8. The number of amides is 3. The van der Waals surface area contributed by atoms with Gasteiger partial charge in [-0.1, -0.05) is 57.2 Å². The molecule has 40 heavy (non-hydrogen) atoms. The molecule has 0 aliphatic rings. The molecule has 0 saturated heterocycles. The predicted molar refractivity (Wildman–Crippen MR) is 162 cm³/mol. The van der Waals surface area contributed by atoms with Gasteiger partial charge < -0.3 is 20.3 Å². The number of anilines is 1. The van der Waals surface area contributed by atoms with Crippen LogP contribution in [0, 0.1) is 33.6 Å². The largest absolute Gasteiger partial charge is 0.444 e. The summed E-state index contributed by atoms with van der Waals surface area (Å²) in [6.45, 7) is 21.2. The maximum Gasteiger partial charge on any atom is 0.408 e. The average Bonchev–Trinajstić information content (AvgIpc) is 2.83. The molecule has 3 amide bonds. The molecule has 3 unspecified atom stereocenters. The molecule has 220 valence electrons. The lowest BCUT2D eigenvalue weighted by Gasteiger charge is -2.39. The third-order valence-corrected chi connectivity index (χ3v) is 7.12. The van der Waals surface area contributed by atoms with Crippen molar-refractivity contribution in [1.29, 1.82) is 0 Å². The highest BCUT2D eigenvalue weighted by Gasteiger charge is 2.39. The maximum atomic E-state index is 14.4. The SMILES string of the molecule is CCC(C)N(C(=O)C(CC(C)C)NC(=O)OC(C)(C)C)C(C(=O)Nc1c(C)cccc1C)c1ccc(C)c(C)c1. The summed E-state index contributed by atoms with van der Waals surface area (Å²) in [5.74, 6) is -0.491. The van der Waals surface area contributed by atoms with Gasteiger partial charge in [0.15, 0.2) is 0 Å². The number of alkyl carbamates (subject to hydrolysis) is 1. The Morgan fingerprint density at radius 1 is 0.900 bits per heavy atom. The standard InChI is InChI=1S/C33H49N3O4/c1-12-25(8)36(31(38)27(18-20(2)3)34-32(39)40-33(9,10)11)29(26-17-16-21(4)24(7)19-26)30(37)35-28-22(5)14-13-15-23(28)6/h13-17,19-20,25,27,29H,12,18H2,1-11H3,(H,34,39)(H,35,37). The van der Waals surface area contributed by atoms with Crippen molar-refractivity contribution in [3.8, 4) is 0 Å². The van der Waals surface area contributed by atoms with Crippen LogP contribution in [-0.4, -0.2) is 40.5 Å². The zero-order valence-electron chi connectivity index (χ0n) is 26.3. The Morgan fingerprint density at radius 2 is 1.50 bits per heavy atom. The van der Waals surface area contributed by atoms with E-state index in [1.54, 1.807) is 25.7 Å². The Bertz CT molecular complexity index is 1180. The lowest BCUT2D eigenvalue weighted by Crippen LogP contribution is -2.55. The first-order chi connectivity index (χ1) is 18.5. The number of aryl methyl sites for hydroxylation is 4. The van der Waals surface area contributed by atoms with Gasteiger partial charge in [-0.25, -0.2) is 4.79 Å². The molecule has 0 aromatic heterocycles. The number of nitrogens with zero attached hydrogens (tertiary/aromatic N) is 1. The van der Waals surface area contributed by atoms with Gasteiger partial charge in [-0.3, -0.25) is 9.59 Å². The number of nitrogens with one attached hydrogen (secondary N) is 2. The summed E-state index contributed by atoms with van der Waals surface area (Å²) >= 11 is 0. The number of hydrogen-bond donors (Lipinski definition) is 2. The summed E-state index contributed by atoms with van der Waals surface area (Å²) in [4.78, 5) is 43.1. The number of hydrogen-bond acceptors (Lipinski definition) is 4. The summed E-state index contributed by atoms with van der Waals surface area (Å²) < 4.78 is 5.49. The summed E-state index contributed by atoms with van der Waals surface area (Å²) in [5, 5.41) is 5.95. The molecule has 7 nitrogen and oxygen atoms in total. The first-order valence-corrected chi connectivity index (χ1v) is 14.3. The third-order valence-electron chi connectivity index (χ3n) is 7.12. The smallest absolute Gasteiger partial charge is 0.408 e. The number of carbonyl (C=O) groups is 3. The normalized spacial score (nSPS) is 13.8. The first-order valence-electron chi connectivity index (χ1n) is 14.3. The minimum absolute atomic E-state index is 0.117. The summed E-state index contributed by atoms with van der Waals surface area (Å²) in [5.41, 5.74) is 4.77. The van der Waals surface area contributed by atoms with E-state index in [0.29, 0.717) is 12.8 Å². The molecule has 0 saturated carbocycles. The van der Waals surface area contributed by atoms with Crippen molar-refractivity contribution in [2.45, 2.75) is 113 Å². The van der Waals surface area contributed by atoms with E-state index in [1.165, 1.54) is 0 Å². The Balaban J connectivity index is 2.65. The van der Waals surface area contributed by atoms with Crippen LogP contribution in [0.2, 0.25) is 0 Å². The molecular formula is C33H49N3O4. The van der Waals surface area contributed by atoms with Crippen LogP contribution >= 0.6 is 0 Å². The highest BCUT2D eigenvalue weighted by molar-refractivity contribution is 6.00. The molecular weight excluding hydrogens is 502 g/mol. The van der Waals surface area contributed by atoms with E-state index in [2.05, 4.69) is 10.6 Å². The molecule has 0 spiro atoms. The van der Waals surface area contributed by atoms with Crippen LogP contribution in [0.15, 0.2) is 36.4 Å². The summed E-state index contributed by atoms with van der Waals surface area (Å²) in [6.07, 6.45) is 0.381. The van der Waals surface area contributed by atoms with Gasteiger partial charge in [-0.15, -0.1) is 0 Å². The second-order valence-corrected chi connectivity index (χ2v) is 12.3. The van der Waals surface area contributed by atoms with Crippen LogP contribution in [0.3, 0.4) is 0 Å². The van der Waals surface area contributed by atoms with Gasteiger partial charge in [0.1, 0.15) is 17.7 Å². The minimum Gasteiger partial charge on any atom is -0.444 e. The molecule has 7 heteroatoms. The highest BCUT2D eigenvalue weighted by atomic mass is 16.6. The molecule has 2 aromatic rings. The van der Waals surface area contributed by atoms with Crippen LogP contribution in [0.5, 0.6) is 0 Å². The van der Waals surface area contributed by atoms with Crippen molar-refractivity contribution < 1.29 is 19.1 Å². The molecule has 2 aromatic carbocycles. The summed E-state index contributed by atoms with van der Waals surface area (Å²) in [7, 11) is 0. The van der Waals surface area contributed by atoms with Crippen LogP contribution in [0.1, 0.15) is 95.2 Å². The fraction of sp³-hybridized carbons (Fsp3) is 0.545.